The number of rotatable bonds is 3. The van der Waals surface area contributed by atoms with Crippen LogP contribution in [0.15, 0.2) is 12.1 Å². The first kappa shape index (κ1) is 12.4. The molecule has 0 bridgehead atoms. The predicted octanol–water partition coefficient (Wildman–Crippen LogP) is 2.22. The highest BCUT2D eigenvalue weighted by Crippen LogP contribution is 2.26. The summed E-state index contributed by atoms with van der Waals surface area (Å²) < 4.78 is 26.6. The van der Waals surface area contributed by atoms with Crippen LogP contribution in [0.3, 0.4) is 0 Å². The van der Waals surface area contributed by atoms with Crippen molar-refractivity contribution in [3.05, 3.63) is 29.3 Å². The summed E-state index contributed by atoms with van der Waals surface area (Å²) in [6.45, 7) is 1.43. The lowest BCUT2D eigenvalue weighted by atomic mass is 10.0. The molecule has 0 aliphatic heterocycles. The third-order valence-corrected chi connectivity index (χ3v) is 2.38. The minimum absolute atomic E-state index is 0.0445. The van der Waals surface area contributed by atoms with Gasteiger partial charge in [0, 0.05) is 14.1 Å². The van der Waals surface area contributed by atoms with Gasteiger partial charge in [-0.3, -0.25) is 4.79 Å². The van der Waals surface area contributed by atoms with E-state index < -0.39 is 23.5 Å². The van der Waals surface area contributed by atoms with Crippen LogP contribution in [0.5, 0.6) is 0 Å². The summed E-state index contributed by atoms with van der Waals surface area (Å²) in [6, 6.07) is 2.26. The summed E-state index contributed by atoms with van der Waals surface area (Å²) in [6.07, 6.45) is 0. The van der Waals surface area contributed by atoms with E-state index in [0.29, 0.717) is 0 Å². The number of carboxylic acids is 1. The Balaban J connectivity index is 3.29. The van der Waals surface area contributed by atoms with Gasteiger partial charge >= 0.3 is 5.97 Å². The van der Waals surface area contributed by atoms with Crippen LogP contribution in [0.4, 0.5) is 14.5 Å². The predicted molar refractivity (Wildman–Crippen MR) is 56.7 cm³/mol. The number of carboxylic acid groups (broad SMARTS) is 1. The molecule has 0 amide bonds. The molecule has 1 aromatic carbocycles. The van der Waals surface area contributed by atoms with Crippen molar-refractivity contribution in [2.24, 2.45) is 0 Å². The Morgan fingerprint density at radius 3 is 2.38 bits per heavy atom. The van der Waals surface area contributed by atoms with Crippen molar-refractivity contribution in [3.8, 4) is 0 Å². The van der Waals surface area contributed by atoms with Crippen molar-refractivity contribution in [1.82, 2.24) is 0 Å². The molecule has 1 aromatic rings. The molecule has 0 spiro atoms. The molecule has 5 heteroatoms. The van der Waals surface area contributed by atoms with Crippen molar-refractivity contribution >= 4 is 11.7 Å². The summed E-state index contributed by atoms with van der Waals surface area (Å²) >= 11 is 0. The highest BCUT2D eigenvalue weighted by molar-refractivity contribution is 5.76. The van der Waals surface area contributed by atoms with Gasteiger partial charge in [0.15, 0.2) is 11.6 Å². The molecular formula is C11H13F2NO2. The van der Waals surface area contributed by atoms with Crippen LogP contribution in [0, 0.1) is 11.6 Å². The molecule has 0 saturated carbocycles. The molecule has 3 nitrogen and oxygen atoms in total. The molecule has 0 aliphatic carbocycles. The van der Waals surface area contributed by atoms with Gasteiger partial charge < -0.3 is 10.0 Å². The molecule has 0 radical (unpaired) electrons. The van der Waals surface area contributed by atoms with Crippen LogP contribution in [0.1, 0.15) is 18.4 Å². The first-order valence-electron chi connectivity index (χ1n) is 4.73. The van der Waals surface area contributed by atoms with Crippen LogP contribution < -0.4 is 4.90 Å². The van der Waals surface area contributed by atoms with E-state index in [9.17, 15) is 13.6 Å². The Labute approximate surface area is 92.3 Å². The first-order valence-corrected chi connectivity index (χ1v) is 4.73. The van der Waals surface area contributed by atoms with Gasteiger partial charge in [-0.25, -0.2) is 8.78 Å². The fourth-order valence-corrected chi connectivity index (χ4v) is 1.31. The van der Waals surface area contributed by atoms with Gasteiger partial charge in [0.25, 0.3) is 0 Å². The van der Waals surface area contributed by atoms with E-state index in [0.717, 1.165) is 6.07 Å². The SMILES string of the molecule is CC(C(=O)O)c1cc(F)c(F)c(N(C)C)c1. The van der Waals surface area contributed by atoms with E-state index in [1.165, 1.54) is 17.9 Å². The van der Waals surface area contributed by atoms with Crippen molar-refractivity contribution in [1.29, 1.82) is 0 Å². The Hall–Kier alpha value is -1.65. The number of carbonyl (C=O) groups is 1. The molecule has 0 saturated heterocycles. The van der Waals surface area contributed by atoms with Crippen LogP contribution in [-0.4, -0.2) is 25.2 Å². The number of hydrogen-bond acceptors (Lipinski definition) is 2. The molecule has 1 N–H and O–H groups in total. The Bertz CT molecular complexity index is 419. The van der Waals surface area contributed by atoms with Crippen LogP contribution in [-0.2, 0) is 4.79 Å². The second-order valence-corrected chi connectivity index (χ2v) is 3.79. The Kier molecular flexibility index (Phi) is 3.47. The van der Waals surface area contributed by atoms with E-state index in [1.807, 2.05) is 0 Å². The molecule has 88 valence electrons. The molecule has 0 heterocycles. The molecule has 0 fully saturated rings. The summed E-state index contributed by atoms with van der Waals surface area (Å²) in [5.74, 6) is -3.94. The third-order valence-electron chi connectivity index (χ3n) is 2.38. The van der Waals surface area contributed by atoms with Crippen molar-refractivity contribution in [3.63, 3.8) is 0 Å². The monoisotopic (exact) mass is 229 g/mol. The molecule has 0 aliphatic rings. The van der Waals surface area contributed by atoms with E-state index in [1.54, 1.807) is 14.1 Å². The van der Waals surface area contributed by atoms with E-state index in [2.05, 4.69) is 0 Å². The van der Waals surface area contributed by atoms with Gasteiger partial charge in [-0.05, 0) is 24.6 Å². The minimum Gasteiger partial charge on any atom is -0.481 e. The van der Waals surface area contributed by atoms with Gasteiger partial charge in [-0.2, -0.15) is 0 Å². The second-order valence-electron chi connectivity index (χ2n) is 3.79. The fraction of sp³-hybridized carbons (Fsp3) is 0.364. The van der Waals surface area contributed by atoms with E-state index in [4.69, 9.17) is 5.11 Å². The van der Waals surface area contributed by atoms with Crippen molar-refractivity contribution in [2.75, 3.05) is 19.0 Å². The topological polar surface area (TPSA) is 40.5 Å². The third kappa shape index (κ3) is 2.29. The molecule has 1 atom stereocenters. The minimum atomic E-state index is -1.07. The summed E-state index contributed by atoms with van der Waals surface area (Å²) in [5, 5.41) is 8.80. The van der Waals surface area contributed by atoms with Crippen LogP contribution in [0.2, 0.25) is 0 Å². The van der Waals surface area contributed by atoms with Gasteiger partial charge in [-0.15, -0.1) is 0 Å². The lowest BCUT2D eigenvalue weighted by Crippen LogP contribution is -2.14. The van der Waals surface area contributed by atoms with Crippen molar-refractivity contribution < 1.29 is 18.7 Å². The highest BCUT2D eigenvalue weighted by Gasteiger charge is 2.19. The molecule has 1 unspecified atom stereocenters. The van der Waals surface area contributed by atoms with Crippen LogP contribution in [0.25, 0.3) is 0 Å². The van der Waals surface area contributed by atoms with E-state index in [-0.39, 0.29) is 11.3 Å². The summed E-state index contributed by atoms with van der Waals surface area (Å²) in [7, 11) is 3.13. The zero-order chi connectivity index (χ0) is 12.5. The first-order chi connectivity index (χ1) is 7.34. The number of anilines is 1. The summed E-state index contributed by atoms with van der Waals surface area (Å²) in [4.78, 5) is 12.1. The number of hydrogen-bond donors (Lipinski definition) is 1. The number of halogens is 2. The number of benzene rings is 1. The largest absolute Gasteiger partial charge is 0.481 e. The molecular weight excluding hydrogens is 216 g/mol. The average molecular weight is 229 g/mol. The smallest absolute Gasteiger partial charge is 0.310 e. The molecule has 16 heavy (non-hydrogen) atoms. The molecule has 1 rings (SSSR count). The lowest BCUT2D eigenvalue weighted by Gasteiger charge is -2.16. The highest BCUT2D eigenvalue weighted by atomic mass is 19.2. The van der Waals surface area contributed by atoms with Gasteiger partial charge in [0.05, 0.1) is 11.6 Å². The lowest BCUT2D eigenvalue weighted by molar-refractivity contribution is -0.138. The Morgan fingerprint density at radius 1 is 1.38 bits per heavy atom. The van der Waals surface area contributed by atoms with Gasteiger partial charge in [0.2, 0.25) is 0 Å². The Morgan fingerprint density at radius 2 is 1.94 bits per heavy atom. The normalized spacial score (nSPS) is 12.3. The zero-order valence-corrected chi connectivity index (χ0v) is 9.29. The maximum atomic E-state index is 13.3. The standard InChI is InChI=1S/C11H13F2NO2/c1-6(11(15)16)7-4-8(12)10(13)9(5-7)14(2)3/h4-6H,1-3H3,(H,15,16). The fourth-order valence-electron chi connectivity index (χ4n) is 1.31. The average Bonchev–Trinajstić information content (AvgIpc) is 2.20. The second kappa shape index (κ2) is 4.47. The van der Waals surface area contributed by atoms with Gasteiger partial charge in [-0.1, -0.05) is 0 Å². The van der Waals surface area contributed by atoms with Crippen molar-refractivity contribution in [2.45, 2.75) is 12.8 Å². The molecule has 0 aromatic heterocycles. The number of aliphatic carboxylic acids is 1. The van der Waals surface area contributed by atoms with E-state index >= 15 is 0 Å². The maximum absolute atomic E-state index is 13.3. The quantitative estimate of drug-likeness (QED) is 0.863. The number of nitrogens with zero attached hydrogens (tertiary/aromatic N) is 1. The zero-order valence-electron chi connectivity index (χ0n) is 9.29. The maximum Gasteiger partial charge on any atom is 0.310 e. The summed E-state index contributed by atoms with van der Waals surface area (Å²) in [5.41, 5.74) is 0.290. The van der Waals surface area contributed by atoms with Gasteiger partial charge in [0.1, 0.15) is 0 Å². The van der Waals surface area contributed by atoms with Crippen LogP contribution >= 0.6 is 0 Å².